The van der Waals surface area contributed by atoms with Gasteiger partial charge in [-0.2, -0.15) is 0 Å². The Bertz CT molecular complexity index is 569. The van der Waals surface area contributed by atoms with Crippen molar-refractivity contribution in [3.05, 3.63) is 59.4 Å². The van der Waals surface area contributed by atoms with Crippen molar-refractivity contribution in [2.75, 3.05) is 13.7 Å². The molecule has 3 nitrogen and oxygen atoms in total. The van der Waals surface area contributed by atoms with Crippen molar-refractivity contribution >= 4 is 0 Å². The van der Waals surface area contributed by atoms with Crippen molar-refractivity contribution in [3.63, 3.8) is 0 Å². The van der Waals surface area contributed by atoms with Crippen LogP contribution in [0.4, 0.5) is 4.39 Å². The Morgan fingerprint density at radius 2 is 1.90 bits per heavy atom. The van der Waals surface area contributed by atoms with Crippen LogP contribution < -0.4 is 9.47 Å². The second kappa shape index (κ2) is 6.91. The Morgan fingerprint density at radius 3 is 2.60 bits per heavy atom. The number of methoxy groups -OCH3 is 1. The minimum absolute atomic E-state index is 0.0670. The van der Waals surface area contributed by atoms with Crippen LogP contribution in [0.3, 0.4) is 0 Å². The second-order valence-corrected chi connectivity index (χ2v) is 4.34. The summed E-state index contributed by atoms with van der Waals surface area (Å²) in [4.78, 5) is 0. The van der Waals surface area contributed by atoms with Crippen molar-refractivity contribution in [1.82, 2.24) is 0 Å². The molecule has 20 heavy (non-hydrogen) atoms. The number of rotatable bonds is 6. The molecular weight excluding hydrogens is 259 g/mol. The van der Waals surface area contributed by atoms with Gasteiger partial charge in [0, 0.05) is 6.61 Å². The van der Waals surface area contributed by atoms with E-state index in [4.69, 9.17) is 14.6 Å². The van der Waals surface area contributed by atoms with Gasteiger partial charge in [-0.15, -0.1) is 0 Å². The maximum absolute atomic E-state index is 13.6. The monoisotopic (exact) mass is 276 g/mol. The third-order valence-electron chi connectivity index (χ3n) is 2.96. The number of hydrogen-bond donors (Lipinski definition) is 1. The summed E-state index contributed by atoms with van der Waals surface area (Å²) in [5.41, 5.74) is 1.66. The molecule has 2 aromatic rings. The van der Waals surface area contributed by atoms with Gasteiger partial charge in [-0.1, -0.05) is 24.3 Å². The molecule has 0 amide bonds. The molecule has 0 heterocycles. The third kappa shape index (κ3) is 3.48. The minimum atomic E-state index is -0.405. The molecule has 0 atom stereocenters. The highest BCUT2D eigenvalue weighted by Gasteiger charge is 2.06. The van der Waals surface area contributed by atoms with Crippen molar-refractivity contribution in [3.8, 4) is 11.5 Å². The van der Waals surface area contributed by atoms with Crippen LogP contribution in [0.2, 0.25) is 0 Å². The van der Waals surface area contributed by atoms with E-state index in [1.54, 1.807) is 12.1 Å². The molecule has 0 saturated heterocycles. The third-order valence-corrected chi connectivity index (χ3v) is 2.96. The largest absolute Gasteiger partial charge is 0.494 e. The summed E-state index contributed by atoms with van der Waals surface area (Å²) in [6.07, 6.45) is 0.535. The molecule has 0 aliphatic heterocycles. The molecule has 0 radical (unpaired) electrons. The number of aliphatic hydroxyl groups is 1. The summed E-state index contributed by atoms with van der Waals surface area (Å²) in [6, 6.07) is 12.2. The summed E-state index contributed by atoms with van der Waals surface area (Å²) in [5, 5.41) is 9.00. The van der Waals surface area contributed by atoms with E-state index in [0.29, 0.717) is 12.2 Å². The highest BCUT2D eigenvalue weighted by molar-refractivity contribution is 5.34. The quantitative estimate of drug-likeness (QED) is 0.881. The summed E-state index contributed by atoms with van der Waals surface area (Å²) in [7, 11) is 1.43. The summed E-state index contributed by atoms with van der Waals surface area (Å²) < 4.78 is 24.1. The molecule has 2 aromatic carbocycles. The number of para-hydroxylation sites is 1. The van der Waals surface area contributed by atoms with Crippen LogP contribution in [0, 0.1) is 5.82 Å². The standard InChI is InChI=1S/C16H17FO3/c1-19-16-7-6-12(10-14(16)17)11-20-15-5-3-2-4-13(15)8-9-18/h2-7,10,18H,8-9,11H2,1H3. The van der Waals surface area contributed by atoms with Gasteiger partial charge in [0.2, 0.25) is 0 Å². The molecule has 2 rings (SSSR count). The highest BCUT2D eigenvalue weighted by Crippen LogP contribution is 2.22. The van der Waals surface area contributed by atoms with Crippen LogP contribution >= 0.6 is 0 Å². The smallest absolute Gasteiger partial charge is 0.165 e. The second-order valence-electron chi connectivity index (χ2n) is 4.34. The first-order valence-corrected chi connectivity index (χ1v) is 6.38. The molecule has 106 valence electrons. The predicted molar refractivity (Wildman–Crippen MR) is 74.5 cm³/mol. The molecule has 0 saturated carbocycles. The van der Waals surface area contributed by atoms with Crippen LogP contribution in [-0.4, -0.2) is 18.8 Å². The normalized spacial score (nSPS) is 10.3. The van der Waals surface area contributed by atoms with Crippen molar-refractivity contribution < 1.29 is 19.0 Å². The van der Waals surface area contributed by atoms with E-state index in [-0.39, 0.29) is 19.0 Å². The van der Waals surface area contributed by atoms with Gasteiger partial charge in [0.1, 0.15) is 12.4 Å². The van der Waals surface area contributed by atoms with E-state index < -0.39 is 5.82 Å². The molecule has 0 spiro atoms. The summed E-state index contributed by atoms with van der Waals surface area (Å²) in [5.74, 6) is 0.518. The van der Waals surface area contributed by atoms with Gasteiger partial charge < -0.3 is 14.6 Å². The lowest BCUT2D eigenvalue weighted by atomic mass is 10.1. The van der Waals surface area contributed by atoms with Gasteiger partial charge >= 0.3 is 0 Å². The molecule has 0 aliphatic rings. The van der Waals surface area contributed by atoms with E-state index in [9.17, 15) is 4.39 Å². The van der Waals surface area contributed by atoms with Gasteiger partial charge in [-0.05, 0) is 35.7 Å². The fourth-order valence-corrected chi connectivity index (χ4v) is 1.93. The first kappa shape index (κ1) is 14.3. The molecule has 0 aromatic heterocycles. The van der Waals surface area contributed by atoms with Gasteiger partial charge in [0.05, 0.1) is 7.11 Å². The molecule has 1 N–H and O–H groups in total. The van der Waals surface area contributed by atoms with E-state index in [1.165, 1.54) is 13.2 Å². The van der Waals surface area contributed by atoms with Crippen molar-refractivity contribution in [1.29, 1.82) is 0 Å². The predicted octanol–water partition coefficient (Wildman–Crippen LogP) is 2.95. The van der Waals surface area contributed by atoms with E-state index in [1.807, 2.05) is 24.3 Å². The Kier molecular flexibility index (Phi) is 4.96. The Morgan fingerprint density at radius 1 is 1.10 bits per heavy atom. The molecule has 0 bridgehead atoms. The van der Waals surface area contributed by atoms with Crippen LogP contribution in [0.5, 0.6) is 11.5 Å². The van der Waals surface area contributed by atoms with Gasteiger partial charge in [-0.3, -0.25) is 0 Å². The topological polar surface area (TPSA) is 38.7 Å². The van der Waals surface area contributed by atoms with Gasteiger partial charge in [-0.25, -0.2) is 4.39 Å². The first-order valence-electron chi connectivity index (χ1n) is 6.38. The lowest BCUT2D eigenvalue weighted by molar-refractivity contribution is 0.283. The maximum atomic E-state index is 13.6. The van der Waals surface area contributed by atoms with Crippen molar-refractivity contribution in [2.45, 2.75) is 13.0 Å². The van der Waals surface area contributed by atoms with Gasteiger partial charge in [0.25, 0.3) is 0 Å². The average molecular weight is 276 g/mol. The fraction of sp³-hybridized carbons (Fsp3) is 0.250. The zero-order chi connectivity index (χ0) is 14.4. The highest BCUT2D eigenvalue weighted by atomic mass is 19.1. The number of halogens is 1. The molecule has 4 heteroatoms. The number of ether oxygens (including phenoxy) is 2. The SMILES string of the molecule is COc1ccc(COc2ccccc2CCO)cc1F. The number of aliphatic hydroxyl groups excluding tert-OH is 1. The Hall–Kier alpha value is -2.07. The summed E-state index contributed by atoms with van der Waals surface area (Å²) >= 11 is 0. The van der Waals surface area contributed by atoms with Crippen LogP contribution in [0.25, 0.3) is 0 Å². The molecule has 0 unspecified atom stereocenters. The lowest BCUT2D eigenvalue weighted by Gasteiger charge is -2.11. The van der Waals surface area contributed by atoms with Crippen LogP contribution in [-0.2, 0) is 13.0 Å². The average Bonchev–Trinajstić information content (AvgIpc) is 2.47. The summed E-state index contributed by atoms with van der Waals surface area (Å²) in [6.45, 7) is 0.334. The first-order chi connectivity index (χ1) is 9.74. The van der Waals surface area contributed by atoms with Crippen molar-refractivity contribution in [2.24, 2.45) is 0 Å². The van der Waals surface area contributed by atoms with Crippen LogP contribution in [0.1, 0.15) is 11.1 Å². The Labute approximate surface area is 117 Å². The molecule has 0 fully saturated rings. The number of benzene rings is 2. The fourth-order valence-electron chi connectivity index (χ4n) is 1.93. The molecule has 0 aliphatic carbocycles. The minimum Gasteiger partial charge on any atom is -0.494 e. The number of hydrogen-bond acceptors (Lipinski definition) is 3. The van der Waals surface area contributed by atoms with E-state index >= 15 is 0 Å². The van der Waals surface area contributed by atoms with E-state index in [2.05, 4.69) is 0 Å². The molecular formula is C16H17FO3. The van der Waals surface area contributed by atoms with Crippen LogP contribution in [0.15, 0.2) is 42.5 Å². The van der Waals surface area contributed by atoms with Gasteiger partial charge in [0.15, 0.2) is 11.6 Å². The zero-order valence-electron chi connectivity index (χ0n) is 11.3. The lowest BCUT2D eigenvalue weighted by Crippen LogP contribution is -2.01. The van der Waals surface area contributed by atoms with E-state index in [0.717, 1.165) is 11.1 Å². The zero-order valence-corrected chi connectivity index (χ0v) is 11.3. The Balaban J connectivity index is 2.07. The maximum Gasteiger partial charge on any atom is 0.165 e.